The monoisotopic (exact) mass is 313 g/mol. The summed E-state index contributed by atoms with van der Waals surface area (Å²) in [6.45, 7) is 3.11. The van der Waals surface area contributed by atoms with Crippen molar-refractivity contribution in [1.29, 1.82) is 0 Å². The molecule has 0 unspecified atom stereocenters. The zero-order chi connectivity index (χ0) is 14.9. The SMILES string of the molecule is OC[C@@H]1CN(Cc2cc3cnccc3[nH]2)C[C@H]1c1ccsc1. The molecule has 1 aliphatic rings. The summed E-state index contributed by atoms with van der Waals surface area (Å²) < 4.78 is 0. The van der Waals surface area contributed by atoms with E-state index in [9.17, 15) is 5.11 Å². The van der Waals surface area contributed by atoms with Crippen molar-refractivity contribution in [2.45, 2.75) is 12.5 Å². The zero-order valence-corrected chi connectivity index (χ0v) is 13.1. The molecule has 0 aliphatic carbocycles. The Morgan fingerprint density at radius 2 is 2.32 bits per heavy atom. The Morgan fingerprint density at radius 3 is 3.09 bits per heavy atom. The summed E-state index contributed by atoms with van der Waals surface area (Å²) >= 11 is 1.73. The lowest BCUT2D eigenvalue weighted by Crippen LogP contribution is -2.21. The maximum Gasteiger partial charge on any atom is 0.0487 e. The Balaban J connectivity index is 1.51. The van der Waals surface area contributed by atoms with E-state index in [1.54, 1.807) is 11.3 Å². The van der Waals surface area contributed by atoms with Crippen molar-refractivity contribution in [1.82, 2.24) is 14.9 Å². The van der Waals surface area contributed by atoms with E-state index < -0.39 is 0 Å². The third kappa shape index (κ3) is 2.56. The second-order valence-corrected chi connectivity index (χ2v) is 6.84. The third-order valence-corrected chi connectivity index (χ3v) is 5.29. The molecule has 3 aromatic rings. The predicted octanol–water partition coefficient (Wildman–Crippen LogP) is 2.83. The quantitative estimate of drug-likeness (QED) is 0.779. The highest BCUT2D eigenvalue weighted by Crippen LogP contribution is 2.34. The molecule has 0 bridgehead atoms. The first-order valence-corrected chi connectivity index (χ1v) is 8.54. The largest absolute Gasteiger partial charge is 0.396 e. The van der Waals surface area contributed by atoms with Crippen molar-refractivity contribution in [3.63, 3.8) is 0 Å². The number of thiophene rings is 1. The van der Waals surface area contributed by atoms with Gasteiger partial charge in [-0.1, -0.05) is 0 Å². The van der Waals surface area contributed by atoms with Crippen molar-refractivity contribution in [2.24, 2.45) is 5.92 Å². The first-order valence-electron chi connectivity index (χ1n) is 7.60. The fourth-order valence-corrected chi connectivity index (χ4v) is 4.22. The van der Waals surface area contributed by atoms with Crippen LogP contribution in [0.5, 0.6) is 0 Å². The molecule has 2 atom stereocenters. The van der Waals surface area contributed by atoms with Gasteiger partial charge in [-0.05, 0) is 34.5 Å². The number of aromatic nitrogens is 2. The van der Waals surface area contributed by atoms with Gasteiger partial charge in [0.1, 0.15) is 0 Å². The fourth-order valence-electron chi connectivity index (χ4n) is 3.50. The Bertz CT molecular complexity index is 719. The molecule has 114 valence electrons. The second-order valence-electron chi connectivity index (χ2n) is 6.06. The zero-order valence-electron chi connectivity index (χ0n) is 12.3. The minimum absolute atomic E-state index is 0.258. The van der Waals surface area contributed by atoms with Crippen LogP contribution >= 0.6 is 11.3 Å². The van der Waals surface area contributed by atoms with Crippen molar-refractivity contribution >= 4 is 22.2 Å². The molecule has 4 heterocycles. The fraction of sp³-hybridized carbons (Fsp3) is 0.353. The van der Waals surface area contributed by atoms with Gasteiger partial charge in [0, 0.05) is 67.1 Å². The molecule has 5 heteroatoms. The van der Waals surface area contributed by atoms with Crippen LogP contribution in [-0.2, 0) is 6.54 Å². The van der Waals surface area contributed by atoms with Gasteiger partial charge in [-0.25, -0.2) is 0 Å². The number of H-pyrrole nitrogens is 1. The highest BCUT2D eigenvalue weighted by molar-refractivity contribution is 7.08. The van der Waals surface area contributed by atoms with E-state index in [4.69, 9.17) is 0 Å². The summed E-state index contributed by atoms with van der Waals surface area (Å²) in [5, 5.41) is 15.2. The van der Waals surface area contributed by atoms with E-state index in [2.05, 4.69) is 37.8 Å². The average molecular weight is 313 g/mol. The van der Waals surface area contributed by atoms with Gasteiger partial charge < -0.3 is 10.1 Å². The molecule has 1 aliphatic heterocycles. The molecule has 0 amide bonds. The van der Waals surface area contributed by atoms with Crippen LogP contribution in [-0.4, -0.2) is 39.7 Å². The maximum absolute atomic E-state index is 9.69. The lowest BCUT2D eigenvalue weighted by Gasteiger charge is -2.14. The molecule has 0 radical (unpaired) electrons. The van der Waals surface area contributed by atoms with Crippen LogP contribution in [0.3, 0.4) is 0 Å². The number of nitrogens with zero attached hydrogens (tertiary/aromatic N) is 2. The molecule has 1 fully saturated rings. The molecule has 2 N–H and O–H groups in total. The number of pyridine rings is 1. The molecule has 3 aromatic heterocycles. The standard InChI is InChI=1S/C17H19N3OS/c21-10-14-7-20(9-16(14)12-2-4-22-11-12)8-15-5-13-6-18-3-1-17(13)19-15/h1-6,11,14,16,19,21H,7-10H2/t14-,16-/m0/s1. The highest BCUT2D eigenvalue weighted by Gasteiger charge is 2.33. The van der Waals surface area contributed by atoms with E-state index in [1.165, 1.54) is 11.3 Å². The van der Waals surface area contributed by atoms with E-state index >= 15 is 0 Å². The van der Waals surface area contributed by atoms with Crippen LogP contribution in [0.4, 0.5) is 0 Å². The van der Waals surface area contributed by atoms with Crippen LogP contribution in [0, 0.1) is 5.92 Å². The molecule has 0 aromatic carbocycles. The summed E-state index contributed by atoms with van der Waals surface area (Å²) in [6, 6.07) is 6.37. The van der Waals surface area contributed by atoms with Gasteiger partial charge >= 0.3 is 0 Å². The van der Waals surface area contributed by atoms with Gasteiger partial charge in [-0.2, -0.15) is 11.3 Å². The highest BCUT2D eigenvalue weighted by atomic mass is 32.1. The van der Waals surface area contributed by atoms with E-state index in [0.717, 1.165) is 30.5 Å². The van der Waals surface area contributed by atoms with Crippen LogP contribution < -0.4 is 0 Å². The summed E-state index contributed by atoms with van der Waals surface area (Å²) in [6.07, 6.45) is 3.71. The number of aliphatic hydroxyl groups excluding tert-OH is 1. The molecule has 4 rings (SSSR count). The topological polar surface area (TPSA) is 52.1 Å². The van der Waals surface area contributed by atoms with Crippen molar-refractivity contribution in [2.75, 3.05) is 19.7 Å². The van der Waals surface area contributed by atoms with Gasteiger partial charge in [-0.15, -0.1) is 0 Å². The summed E-state index contributed by atoms with van der Waals surface area (Å²) in [5.74, 6) is 0.781. The lowest BCUT2D eigenvalue weighted by atomic mass is 9.92. The van der Waals surface area contributed by atoms with Gasteiger partial charge in [0.15, 0.2) is 0 Å². The van der Waals surface area contributed by atoms with Crippen LogP contribution in [0.2, 0.25) is 0 Å². The van der Waals surface area contributed by atoms with Crippen LogP contribution in [0.15, 0.2) is 41.4 Å². The number of likely N-dealkylation sites (tertiary alicyclic amines) is 1. The molecule has 22 heavy (non-hydrogen) atoms. The van der Waals surface area contributed by atoms with Gasteiger partial charge in [-0.3, -0.25) is 9.88 Å². The number of aromatic amines is 1. The van der Waals surface area contributed by atoms with E-state index in [-0.39, 0.29) is 6.61 Å². The van der Waals surface area contributed by atoms with Gasteiger partial charge in [0.2, 0.25) is 0 Å². The van der Waals surface area contributed by atoms with Gasteiger partial charge in [0.05, 0.1) is 0 Å². The molecule has 0 saturated carbocycles. The van der Waals surface area contributed by atoms with Gasteiger partial charge in [0.25, 0.3) is 0 Å². The first-order chi connectivity index (χ1) is 10.8. The Hall–Kier alpha value is -1.69. The number of nitrogens with one attached hydrogen (secondary N) is 1. The Labute approximate surface area is 133 Å². The van der Waals surface area contributed by atoms with Crippen molar-refractivity contribution in [3.8, 4) is 0 Å². The normalized spacial score (nSPS) is 22.6. The molecule has 0 spiro atoms. The van der Waals surface area contributed by atoms with Crippen LogP contribution in [0.25, 0.3) is 10.9 Å². The van der Waals surface area contributed by atoms with E-state index in [0.29, 0.717) is 11.8 Å². The Morgan fingerprint density at radius 1 is 1.36 bits per heavy atom. The molecule has 1 saturated heterocycles. The predicted molar refractivity (Wildman–Crippen MR) is 89.0 cm³/mol. The average Bonchev–Trinajstić information content (AvgIpc) is 3.25. The number of hydrogen-bond donors (Lipinski definition) is 2. The minimum atomic E-state index is 0.258. The van der Waals surface area contributed by atoms with Crippen molar-refractivity contribution in [3.05, 3.63) is 52.6 Å². The minimum Gasteiger partial charge on any atom is -0.396 e. The lowest BCUT2D eigenvalue weighted by molar-refractivity contribution is 0.213. The Kier molecular flexibility index (Phi) is 3.70. The summed E-state index contributed by atoms with van der Waals surface area (Å²) in [7, 11) is 0. The second kappa shape index (κ2) is 5.83. The molecular formula is C17H19N3OS. The van der Waals surface area contributed by atoms with Crippen molar-refractivity contribution < 1.29 is 5.11 Å². The molecular weight excluding hydrogens is 294 g/mol. The van der Waals surface area contributed by atoms with E-state index in [1.807, 2.05) is 18.5 Å². The number of hydrogen-bond acceptors (Lipinski definition) is 4. The molecule has 4 nitrogen and oxygen atoms in total. The maximum atomic E-state index is 9.69. The third-order valence-electron chi connectivity index (χ3n) is 4.59. The van der Waals surface area contributed by atoms with Crippen LogP contribution in [0.1, 0.15) is 17.2 Å². The number of rotatable bonds is 4. The number of fused-ring (bicyclic) bond motifs is 1. The first kappa shape index (κ1) is 13.9. The summed E-state index contributed by atoms with van der Waals surface area (Å²) in [4.78, 5) is 10.1. The summed E-state index contributed by atoms with van der Waals surface area (Å²) in [5.41, 5.74) is 3.72. The smallest absolute Gasteiger partial charge is 0.0487 e. The number of aliphatic hydroxyl groups is 1.